The van der Waals surface area contributed by atoms with Crippen LogP contribution in [0.5, 0.6) is 28.7 Å². The van der Waals surface area contributed by atoms with Gasteiger partial charge in [0.1, 0.15) is 54.3 Å². The Kier molecular flexibility index (Phi) is 16.4. The van der Waals surface area contributed by atoms with Crippen LogP contribution in [0.15, 0.2) is 193 Å². The van der Waals surface area contributed by atoms with Gasteiger partial charge in [-0.05, 0) is 137 Å². The fraction of sp³-hybridized carbons (Fsp3) is 0.211. The van der Waals surface area contributed by atoms with Crippen LogP contribution in [0.1, 0.15) is 77.9 Å². The molecule has 0 amide bonds. The van der Waals surface area contributed by atoms with Gasteiger partial charge in [-0.2, -0.15) is 26.3 Å². The molecule has 7 rings (SSSR count). The van der Waals surface area contributed by atoms with Gasteiger partial charge in [-0.3, -0.25) is 0 Å². The highest BCUT2D eigenvalue weighted by Gasteiger charge is 2.40. The van der Waals surface area contributed by atoms with Gasteiger partial charge in [-0.25, -0.2) is 4.79 Å². The van der Waals surface area contributed by atoms with Crippen molar-refractivity contribution in [1.29, 1.82) is 0 Å². The number of hydrogen-bond donors (Lipinski definition) is 0. The number of hydrogen-bond acceptors (Lipinski definition) is 8. The predicted molar refractivity (Wildman–Crippen MR) is 264 cm³/mol. The zero-order valence-corrected chi connectivity index (χ0v) is 41.4. The molecule has 6 aromatic rings. The van der Waals surface area contributed by atoms with E-state index in [0.717, 1.165) is 28.0 Å². The second kappa shape index (κ2) is 22.6. The molecule has 0 saturated carbocycles. The van der Waals surface area contributed by atoms with E-state index in [-0.39, 0.29) is 36.4 Å². The van der Waals surface area contributed by atoms with Crippen LogP contribution < -0.4 is 23.7 Å². The molecule has 0 aliphatic heterocycles. The maximum atomic E-state index is 13.2. The molecule has 6 aromatic carbocycles. The van der Waals surface area contributed by atoms with Gasteiger partial charge in [0, 0.05) is 17.9 Å². The second-order valence-corrected chi connectivity index (χ2v) is 23.2. The maximum absolute atomic E-state index is 13.2. The smallest absolute Gasteiger partial charge is 0.344 e. The molecular weight excluding hydrogens is 955 g/mol. The van der Waals surface area contributed by atoms with Crippen molar-refractivity contribution in [2.75, 3.05) is 0 Å². The van der Waals surface area contributed by atoms with Crippen molar-refractivity contribution in [2.24, 2.45) is 0 Å². The molecule has 0 unspecified atom stereocenters. The lowest BCUT2D eigenvalue weighted by Crippen LogP contribution is -2.40. The molecule has 15 heteroatoms. The summed E-state index contributed by atoms with van der Waals surface area (Å²) < 4.78 is 116. The Bertz CT molecular complexity index is 2820. The normalized spacial score (nSPS) is 12.5. The van der Waals surface area contributed by atoms with Gasteiger partial charge < -0.3 is 32.8 Å². The van der Waals surface area contributed by atoms with E-state index in [1.165, 1.54) is 24.3 Å². The van der Waals surface area contributed by atoms with Crippen LogP contribution in [0.4, 0.5) is 26.3 Å². The third-order valence-corrected chi connectivity index (χ3v) is 16.9. The summed E-state index contributed by atoms with van der Waals surface area (Å²) in [6.45, 7) is 13.5. The van der Waals surface area contributed by atoms with Crippen LogP contribution in [0, 0.1) is 0 Å². The van der Waals surface area contributed by atoms with Crippen molar-refractivity contribution in [3.8, 4) is 28.7 Å². The molecule has 0 bridgehead atoms. The van der Waals surface area contributed by atoms with E-state index >= 15 is 0 Å². The zero-order valence-electron chi connectivity index (χ0n) is 40.4. The summed E-state index contributed by atoms with van der Waals surface area (Å²) in [5.74, 6) is 2.39. The highest BCUT2D eigenvalue weighted by molar-refractivity contribution is 6.74. The molecule has 0 fully saturated rings. The second-order valence-electron chi connectivity index (χ2n) is 18.5. The Morgan fingerprint density at radius 1 is 0.486 bits per heavy atom. The average molecular weight is 1010 g/mol. The minimum atomic E-state index is -2.55. The van der Waals surface area contributed by atoms with Crippen molar-refractivity contribution in [2.45, 2.75) is 77.5 Å². The highest BCUT2D eigenvalue weighted by Crippen LogP contribution is 2.42. The molecule has 1 aliphatic carbocycles. The molecule has 0 spiro atoms. The summed E-state index contributed by atoms with van der Waals surface area (Å²) in [4.78, 5) is 13.0. The van der Waals surface area contributed by atoms with Crippen molar-refractivity contribution in [1.82, 2.24) is 0 Å². The standard InChI is InChI=1S/C57H52F6O8Si/c1-56(2,3)72(5,6)71-50-32-31-49(33-50)70-55(64)40-13-7-37(8-14-40)34-65-44-25-15-41(16-26-44)57(4,42-17-27-45(28-18-42)66-35-38-9-21-47(22-10-38)68-53(62)51(58)59)43-19-29-46(30-20-43)67-36-39-11-23-48(24-12-39)69-54(63)52(60)61/h7-31,33H,32,34-36H2,1-6H3. The molecular formula is C57H52F6O8Si. The quantitative estimate of drug-likeness (QED) is 0.0246. The van der Waals surface area contributed by atoms with E-state index in [2.05, 4.69) is 50.3 Å². The Morgan fingerprint density at radius 2 is 0.833 bits per heavy atom. The summed E-state index contributed by atoms with van der Waals surface area (Å²) in [6, 6.07) is 37.9. The third-order valence-electron chi connectivity index (χ3n) is 12.5. The first-order valence-corrected chi connectivity index (χ1v) is 25.7. The first kappa shape index (κ1) is 52.2. The van der Waals surface area contributed by atoms with Crippen LogP contribution in [0.2, 0.25) is 18.1 Å². The van der Waals surface area contributed by atoms with Crippen LogP contribution >= 0.6 is 0 Å². The maximum Gasteiger partial charge on any atom is 0.344 e. The summed E-state index contributed by atoms with van der Waals surface area (Å²) >= 11 is 0. The summed E-state index contributed by atoms with van der Waals surface area (Å²) in [7, 11) is -2.02. The van der Waals surface area contributed by atoms with E-state index in [9.17, 15) is 31.1 Å². The lowest BCUT2D eigenvalue weighted by Gasteiger charge is -2.36. The number of esters is 1. The zero-order chi connectivity index (χ0) is 51.6. The number of benzene rings is 6. The van der Waals surface area contributed by atoms with E-state index < -0.39 is 43.9 Å². The van der Waals surface area contributed by atoms with Crippen molar-refractivity contribution >= 4 is 14.3 Å². The molecule has 374 valence electrons. The summed E-state index contributed by atoms with van der Waals surface area (Å²) in [6.07, 6.45) is -0.873. The predicted octanol–water partition coefficient (Wildman–Crippen LogP) is 16.0. The molecule has 8 nitrogen and oxygen atoms in total. The number of rotatable bonds is 20. The Balaban J connectivity index is 1.02. The van der Waals surface area contributed by atoms with Crippen LogP contribution in [0.25, 0.3) is 0 Å². The van der Waals surface area contributed by atoms with Gasteiger partial charge in [0.25, 0.3) is 0 Å². The number of carbonyl (C=O) groups is 1. The summed E-state index contributed by atoms with van der Waals surface area (Å²) in [5, 5.41) is 0.0433. The van der Waals surface area contributed by atoms with Gasteiger partial charge >= 0.3 is 30.2 Å². The van der Waals surface area contributed by atoms with E-state index in [4.69, 9.17) is 23.4 Å². The molecule has 0 saturated heterocycles. The van der Waals surface area contributed by atoms with Crippen LogP contribution in [0.3, 0.4) is 0 Å². The van der Waals surface area contributed by atoms with Gasteiger partial charge in [-0.1, -0.05) is 93.6 Å². The van der Waals surface area contributed by atoms with E-state index in [0.29, 0.717) is 46.1 Å². The first-order valence-electron chi connectivity index (χ1n) is 22.8. The van der Waals surface area contributed by atoms with E-state index in [1.807, 2.05) is 91.0 Å². The third kappa shape index (κ3) is 13.4. The topological polar surface area (TPSA) is 81.7 Å². The minimum absolute atomic E-state index is 0.0433. The van der Waals surface area contributed by atoms with Gasteiger partial charge in [0.2, 0.25) is 8.32 Å². The molecule has 0 heterocycles. The monoisotopic (exact) mass is 1010 g/mol. The van der Waals surface area contributed by atoms with Crippen molar-refractivity contribution in [3.05, 3.63) is 232 Å². The van der Waals surface area contributed by atoms with Gasteiger partial charge in [0.05, 0.1) is 11.3 Å². The van der Waals surface area contributed by atoms with Gasteiger partial charge in [-0.15, -0.1) is 0 Å². The highest BCUT2D eigenvalue weighted by atomic mass is 28.4. The first-order chi connectivity index (χ1) is 34.2. The molecule has 0 radical (unpaired) electrons. The van der Waals surface area contributed by atoms with Crippen LogP contribution in [-0.4, -0.2) is 14.3 Å². The number of halogens is 6. The van der Waals surface area contributed by atoms with Crippen molar-refractivity contribution in [3.63, 3.8) is 0 Å². The molecule has 72 heavy (non-hydrogen) atoms. The van der Waals surface area contributed by atoms with Gasteiger partial charge in [0.15, 0.2) is 0 Å². The largest absolute Gasteiger partial charge is 0.546 e. The SMILES string of the molecule is CC(c1ccc(OCc2ccc(OC(F)=C(F)F)cc2)cc1)(c1ccc(OCc2ccc(OC(F)=C(F)F)cc2)cc1)c1ccc(OCc2ccc(C(=O)OC3=CCC(O[Si](C)(C)C(C)(C)C)=C3)cc2)cc1. The lowest BCUT2D eigenvalue weighted by molar-refractivity contribution is 0.0637. The minimum Gasteiger partial charge on any atom is -0.546 e. The molecule has 0 N–H and O–H groups in total. The molecule has 1 aliphatic rings. The van der Waals surface area contributed by atoms with Crippen molar-refractivity contribution < 1.29 is 64.0 Å². The Hall–Kier alpha value is -7.65. The fourth-order valence-corrected chi connectivity index (χ4v) is 8.35. The molecule has 0 aromatic heterocycles. The Morgan fingerprint density at radius 3 is 1.18 bits per heavy atom. The number of ether oxygens (including phenoxy) is 6. The van der Waals surface area contributed by atoms with E-state index in [1.54, 1.807) is 42.5 Å². The molecule has 0 atom stereocenters. The van der Waals surface area contributed by atoms with Crippen LogP contribution in [-0.2, 0) is 34.4 Å². The number of allylic oxidation sites excluding steroid dienone is 2. The average Bonchev–Trinajstić information content (AvgIpc) is 3.80. The fourth-order valence-electron chi connectivity index (χ4n) is 7.25. The summed E-state index contributed by atoms with van der Waals surface area (Å²) in [5.41, 5.74) is 4.72. The number of carbonyl (C=O) groups excluding carboxylic acids is 1. The Labute approximate surface area is 415 Å². The lowest BCUT2D eigenvalue weighted by atomic mass is 9.71.